The van der Waals surface area contributed by atoms with Crippen molar-refractivity contribution in [1.82, 2.24) is 5.32 Å². The van der Waals surface area contributed by atoms with E-state index in [2.05, 4.69) is 26.1 Å². The van der Waals surface area contributed by atoms with Crippen molar-refractivity contribution in [2.24, 2.45) is 11.7 Å². The van der Waals surface area contributed by atoms with Crippen molar-refractivity contribution in [2.75, 3.05) is 13.1 Å². The van der Waals surface area contributed by atoms with Gasteiger partial charge in [0.05, 0.1) is 0 Å². The summed E-state index contributed by atoms with van der Waals surface area (Å²) in [6.45, 7) is 8.88. The molecule has 0 amide bonds. The van der Waals surface area contributed by atoms with Gasteiger partial charge in [-0.25, -0.2) is 0 Å². The molecule has 15 heavy (non-hydrogen) atoms. The molecule has 0 spiro atoms. The Bertz CT molecular complexity index is 124. The molecule has 1 atom stereocenters. The van der Waals surface area contributed by atoms with Crippen LogP contribution in [0.1, 0.15) is 59.3 Å². The lowest BCUT2D eigenvalue weighted by atomic mass is 10.1. The minimum absolute atomic E-state index is 0.675. The summed E-state index contributed by atoms with van der Waals surface area (Å²) in [6.07, 6.45) is 7.79. The predicted molar refractivity (Wildman–Crippen MR) is 69.1 cm³/mol. The van der Waals surface area contributed by atoms with E-state index in [0.29, 0.717) is 6.04 Å². The molecular formula is C13H30N2. The van der Waals surface area contributed by atoms with Crippen LogP contribution in [0.25, 0.3) is 0 Å². The molecule has 0 saturated heterocycles. The first-order valence-electron chi connectivity index (χ1n) is 6.60. The quantitative estimate of drug-likeness (QED) is 0.549. The van der Waals surface area contributed by atoms with E-state index in [1.165, 1.54) is 45.1 Å². The van der Waals surface area contributed by atoms with Gasteiger partial charge in [-0.05, 0) is 45.2 Å². The summed E-state index contributed by atoms with van der Waals surface area (Å²) >= 11 is 0. The molecule has 0 aliphatic carbocycles. The second-order valence-corrected chi connectivity index (χ2v) is 5.04. The molecule has 2 nitrogen and oxygen atoms in total. The monoisotopic (exact) mass is 214 g/mol. The summed E-state index contributed by atoms with van der Waals surface area (Å²) in [5, 5.41) is 3.58. The number of unbranched alkanes of at least 4 members (excludes halogenated alkanes) is 4. The Balaban J connectivity index is 3.09. The Labute approximate surface area is 96.0 Å². The van der Waals surface area contributed by atoms with Crippen molar-refractivity contribution in [3.8, 4) is 0 Å². The van der Waals surface area contributed by atoms with Crippen LogP contribution in [0.3, 0.4) is 0 Å². The van der Waals surface area contributed by atoms with Crippen LogP contribution in [0.2, 0.25) is 0 Å². The highest BCUT2D eigenvalue weighted by atomic mass is 14.9. The van der Waals surface area contributed by atoms with Gasteiger partial charge >= 0.3 is 0 Å². The molecule has 0 aromatic heterocycles. The summed E-state index contributed by atoms with van der Waals surface area (Å²) in [6, 6.07) is 0.675. The highest BCUT2D eigenvalue weighted by molar-refractivity contribution is 4.62. The third-order valence-electron chi connectivity index (χ3n) is 2.70. The van der Waals surface area contributed by atoms with E-state index in [1.54, 1.807) is 0 Å². The van der Waals surface area contributed by atoms with Crippen molar-refractivity contribution in [3.05, 3.63) is 0 Å². The van der Waals surface area contributed by atoms with E-state index in [0.717, 1.165) is 12.5 Å². The third kappa shape index (κ3) is 11.8. The molecule has 0 aromatic carbocycles. The summed E-state index contributed by atoms with van der Waals surface area (Å²) in [4.78, 5) is 0. The lowest BCUT2D eigenvalue weighted by Crippen LogP contribution is -2.28. The van der Waals surface area contributed by atoms with Gasteiger partial charge in [-0.3, -0.25) is 0 Å². The van der Waals surface area contributed by atoms with Gasteiger partial charge in [0, 0.05) is 6.04 Å². The highest BCUT2D eigenvalue weighted by Gasteiger charge is 2.02. The largest absolute Gasteiger partial charge is 0.330 e. The van der Waals surface area contributed by atoms with Gasteiger partial charge < -0.3 is 11.1 Å². The molecule has 0 heterocycles. The number of rotatable bonds is 10. The summed E-state index contributed by atoms with van der Waals surface area (Å²) in [5.41, 5.74) is 5.44. The molecular weight excluding hydrogens is 184 g/mol. The first-order valence-corrected chi connectivity index (χ1v) is 6.60. The maximum Gasteiger partial charge on any atom is 0.00411 e. The zero-order valence-corrected chi connectivity index (χ0v) is 10.9. The number of nitrogens with two attached hydrogens (primary N) is 1. The van der Waals surface area contributed by atoms with E-state index in [9.17, 15) is 0 Å². The Morgan fingerprint density at radius 3 is 2.13 bits per heavy atom. The van der Waals surface area contributed by atoms with Crippen LogP contribution in [-0.2, 0) is 0 Å². The van der Waals surface area contributed by atoms with Gasteiger partial charge in [0.2, 0.25) is 0 Å². The number of hydrogen-bond acceptors (Lipinski definition) is 2. The molecule has 3 N–H and O–H groups in total. The Kier molecular flexibility index (Phi) is 10.4. The van der Waals surface area contributed by atoms with Crippen LogP contribution in [0.4, 0.5) is 0 Å². The smallest absolute Gasteiger partial charge is 0.00411 e. The first-order chi connectivity index (χ1) is 7.16. The lowest BCUT2D eigenvalue weighted by molar-refractivity contribution is 0.434. The van der Waals surface area contributed by atoms with Crippen LogP contribution in [0.5, 0.6) is 0 Å². The molecule has 0 fully saturated rings. The second-order valence-electron chi connectivity index (χ2n) is 5.04. The van der Waals surface area contributed by atoms with Gasteiger partial charge in [0.1, 0.15) is 0 Å². The van der Waals surface area contributed by atoms with Crippen molar-refractivity contribution in [1.29, 1.82) is 0 Å². The standard InChI is InChI=1S/C13H30N2/c1-12(2)11-13(3)15-10-8-6-4-5-7-9-14/h12-13,15H,4-11,14H2,1-3H3. The van der Waals surface area contributed by atoms with E-state index in [1.807, 2.05) is 0 Å². The summed E-state index contributed by atoms with van der Waals surface area (Å²) in [7, 11) is 0. The van der Waals surface area contributed by atoms with Gasteiger partial charge in [-0.15, -0.1) is 0 Å². The second kappa shape index (κ2) is 10.4. The molecule has 0 radical (unpaired) electrons. The maximum absolute atomic E-state index is 5.44. The normalized spacial score (nSPS) is 13.4. The highest BCUT2D eigenvalue weighted by Crippen LogP contribution is 2.05. The fraction of sp³-hybridized carbons (Fsp3) is 1.00. The van der Waals surface area contributed by atoms with Crippen LogP contribution < -0.4 is 11.1 Å². The zero-order chi connectivity index (χ0) is 11.5. The summed E-state index contributed by atoms with van der Waals surface area (Å²) in [5.74, 6) is 0.803. The van der Waals surface area contributed by atoms with E-state index >= 15 is 0 Å². The van der Waals surface area contributed by atoms with Crippen molar-refractivity contribution < 1.29 is 0 Å². The third-order valence-corrected chi connectivity index (χ3v) is 2.70. The van der Waals surface area contributed by atoms with Crippen LogP contribution in [-0.4, -0.2) is 19.1 Å². The Morgan fingerprint density at radius 1 is 0.933 bits per heavy atom. The molecule has 0 saturated carbocycles. The fourth-order valence-electron chi connectivity index (χ4n) is 1.94. The Morgan fingerprint density at radius 2 is 1.53 bits per heavy atom. The summed E-state index contributed by atoms with van der Waals surface area (Å²) < 4.78 is 0. The average molecular weight is 214 g/mol. The minimum Gasteiger partial charge on any atom is -0.330 e. The fourth-order valence-corrected chi connectivity index (χ4v) is 1.94. The van der Waals surface area contributed by atoms with E-state index < -0.39 is 0 Å². The maximum atomic E-state index is 5.44. The molecule has 0 aliphatic heterocycles. The topological polar surface area (TPSA) is 38.0 Å². The SMILES string of the molecule is CC(C)CC(C)NCCCCCCCN. The van der Waals surface area contributed by atoms with Crippen LogP contribution in [0.15, 0.2) is 0 Å². The average Bonchev–Trinajstić information content (AvgIpc) is 2.15. The first kappa shape index (κ1) is 14.9. The van der Waals surface area contributed by atoms with Gasteiger partial charge in [-0.2, -0.15) is 0 Å². The van der Waals surface area contributed by atoms with Gasteiger partial charge in [-0.1, -0.05) is 33.1 Å². The van der Waals surface area contributed by atoms with E-state index in [-0.39, 0.29) is 0 Å². The molecule has 2 heteroatoms. The minimum atomic E-state index is 0.675. The van der Waals surface area contributed by atoms with Crippen LogP contribution >= 0.6 is 0 Å². The Hall–Kier alpha value is -0.0800. The van der Waals surface area contributed by atoms with Crippen molar-refractivity contribution in [2.45, 2.75) is 65.3 Å². The lowest BCUT2D eigenvalue weighted by Gasteiger charge is -2.15. The molecule has 1 unspecified atom stereocenters. The molecule has 0 aromatic rings. The number of hydrogen-bond donors (Lipinski definition) is 2. The predicted octanol–water partition coefficient (Wildman–Crippen LogP) is 2.92. The van der Waals surface area contributed by atoms with E-state index in [4.69, 9.17) is 5.73 Å². The molecule has 92 valence electrons. The molecule has 0 rings (SSSR count). The van der Waals surface area contributed by atoms with Gasteiger partial charge in [0.25, 0.3) is 0 Å². The van der Waals surface area contributed by atoms with Crippen molar-refractivity contribution in [3.63, 3.8) is 0 Å². The molecule has 0 bridgehead atoms. The number of nitrogens with one attached hydrogen (secondary N) is 1. The van der Waals surface area contributed by atoms with Gasteiger partial charge in [0.15, 0.2) is 0 Å². The zero-order valence-electron chi connectivity index (χ0n) is 10.9. The van der Waals surface area contributed by atoms with Crippen LogP contribution in [0, 0.1) is 5.92 Å². The van der Waals surface area contributed by atoms with Crippen molar-refractivity contribution >= 4 is 0 Å². The molecule has 0 aliphatic rings.